The second kappa shape index (κ2) is 5.43. The average molecular weight is 303 g/mol. The molecule has 1 aliphatic rings. The van der Waals surface area contributed by atoms with Crippen molar-refractivity contribution in [3.8, 4) is 5.75 Å². The Morgan fingerprint density at radius 1 is 1.00 bits per heavy atom. The number of methoxy groups -OCH3 is 1. The van der Waals surface area contributed by atoms with Crippen LogP contribution in [-0.4, -0.2) is 12.9 Å². The van der Waals surface area contributed by atoms with Gasteiger partial charge in [-0.25, -0.2) is 0 Å². The quantitative estimate of drug-likeness (QED) is 0.752. The Bertz CT molecular complexity index is 884. The lowest BCUT2D eigenvalue weighted by Gasteiger charge is -2.27. The van der Waals surface area contributed by atoms with Gasteiger partial charge >= 0.3 is 0 Å². The van der Waals surface area contributed by atoms with Gasteiger partial charge in [0.2, 0.25) is 0 Å². The van der Waals surface area contributed by atoms with E-state index in [1.165, 1.54) is 0 Å². The lowest BCUT2D eigenvalue weighted by molar-refractivity contribution is 0.0974. The van der Waals surface area contributed by atoms with E-state index in [9.17, 15) is 4.79 Å². The molecule has 0 fully saturated rings. The minimum absolute atomic E-state index is 0.00192. The number of anilines is 1. The van der Waals surface area contributed by atoms with Gasteiger partial charge in [0.25, 0.3) is 0 Å². The summed E-state index contributed by atoms with van der Waals surface area (Å²) in [5.41, 5.74) is 2.83. The topological polar surface area (TPSA) is 38.3 Å². The van der Waals surface area contributed by atoms with Crippen LogP contribution in [0.2, 0.25) is 0 Å². The van der Waals surface area contributed by atoms with Crippen LogP contribution in [-0.2, 0) is 0 Å². The third-order valence-corrected chi connectivity index (χ3v) is 4.45. The standard InChI is InChI=1S/C20H17NO2/c1-23-15-9-6-14(7-10-15)18-12-19(22)20-16-5-3-2-4-13(16)8-11-17(20)21-18/h2-11,18,21H,12H2,1H3/t18-/m0/s1. The van der Waals surface area contributed by atoms with Gasteiger partial charge in [-0.3, -0.25) is 4.79 Å². The summed E-state index contributed by atoms with van der Waals surface area (Å²) < 4.78 is 5.19. The first-order chi connectivity index (χ1) is 11.3. The van der Waals surface area contributed by atoms with E-state index < -0.39 is 0 Å². The molecule has 114 valence electrons. The molecule has 23 heavy (non-hydrogen) atoms. The highest BCUT2D eigenvalue weighted by molar-refractivity contribution is 6.14. The largest absolute Gasteiger partial charge is 0.497 e. The van der Waals surface area contributed by atoms with Crippen LogP contribution in [0.15, 0.2) is 60.7 Å². The molecule has 3 nitrogen and oxygen atoms in total. The molecule has 0 radical (unpaired) electrons. The Morgan fingerprint density at radius 2 is 1.78 bits per heavy atom. The summed E-state index contributed by atoms with van der Waals surface area (Å²) in [6.45, 7) is 0. The van der Waals surface area contributed by atoms with Gasteiger partial charge in [-0.1, -0.05) is 42.5 Å². The van der Waals surface area contributed by atoms with Gasteiger partial charge in [-0.05, 0) is 34.5 Å². The van der Waals surface area contributed by atoms with Crippen molar-refractivity contribution >= 4 is 22.2 Å². The fraction of sp³-hybridized carbons (Fsp3) is 0.150. The SMILES string of the molecule is COc1ccc([C@@H]2CC(=O)c3c(ccc4ccccc34)N2)cc1. The second-order valence-corrected chi connectivity index (χ2v) is 5.81. The van der Waals surface area contributed by atoms with Crippen molar-refractivity contribution in [1.29, 1.82) is 0 Å². The van der Waals surface area contributed by atoms with E-state index in [1.54, 1.807) is 7.11 Å². The monoisotopic (exact) mass is 303 g/mol. The third kappa shape index (κ3) is 2.34. The number of hydrogen-bond donors (Lipinski definition) is 1. The molecule has 0 aliphatic carbocycles. The number of carbonyl (C=O) groups is 1. The van der Waals surface area contributed by atoms with Crippen molar-refractivity contribution in [3.05, 3.63) is 71.8 Å². The highest BCUT2D eigenvalue weighted by atomic mass is 16.5. The molecule has 0 bridgehead atoms. The number of benzene rings is 3. The molecule has 3 heteroatoms. The highest BCUT2D eigenvalue weighted by Crippen LogP contribution is 2.36. The number of Topliss-reactive ketones (excluding diaryl/α,β-unsaturated/α-hetero) is 1. The van der Waals surface area contributed by atoms with Crippen LogP contribution >= 0.6 is 0 Å². The summed E-state index contributed by atoms with van der Waals surface area (Å²) in [5, 5.41) is 5.64. The van der Waals surface area contributed by atoms with Crippen molar-refractivity contribution in [1.82, 2.24) is 0 Å². The summed E-state index contributed by atoms with van der Waals surface area (Å²) in [6.07, 6.45) is 0.466. The molecule has 0 saturated heterocycles. The predicted octanol–water partition coefficient (Wildman–Crippen LogP) is 4.59. The van der Waals surface area contributed by atoms with Crippen molar-refractivity contribution < 1.29 is 9.53 Å². The molecule has 1 heterocycles. The van der Waals surface area contributed by atoms with Gasteiger partial charge in [0.1, 0.15) is 5.75 Å². The Balaban J connectivity index is 1.74. The maximum atomic E-state index is 12.7. The smallest absolute Gasteiger partial charge is 0.167 e. The molecule has 0 amide bonds. The maximum absolute atomic E-state index is 12.7. The van der Waals surface area contributed by atoms with Crippen LogP contribution in [0.3, 0.4) is 0 Å². The molecule has 1 aliphatic heterocycles. The number of carbonyl (C=O) groups excluding carboxylic acids is 1. The summed E-state index contributed by atoms with van der Waals surface area (Å²) in [7, 11) is 1.65. The molecule has 0 spiro atoms. The van der Waals surface area contributed by atoms with Crippen molar-refractivity contribution in [2.75, 3.05) is 12.4 Å². The summed E-state index contributed by atoms with van der Waals surface area (Å²) in [4.78, 5) is 12.7. The Morgan fingerprint density at radius 3 is 2.57 bits per heavy atom. The average Bonchev–Trinajstić information content (AvgIpc) is 2.61. The number of hydrogen-bond acceptors (Lipinski definition) is 3. The molecular weight excluding hydrogens is 286 g/mol. The van der Waals surface area contributed by atoms with E-state index in [0.29, 0.717) is 6.42 Å². The molecule has 0 saturated carbocycles. The lowest BCUT2D eigenvalue weighted by Crippen LogP contribution is -2.23. The first-order valence-corrected chi connectivity index (χ1v) is 7.72. The van der Waals surface area contributed by atoms with Crippen LogP contribution in [0.4, 0.5) is 5.69 Å². The van der Waals surface area contributed by atoms with Gasteiger partial charge in [0, 0.05) is 17.7 Å². The Labute approximate surface area is 134 Å². The number of ether oxygens (including phenoxy) is 1. The summed E-state index contributed by atoms with van der Waals surface area (Å²) in [5.74, 6) is 1.01. The highest BCUT2D eigenvalue weighted by Gasteiger charge is 2.27. The van der Waals surface area contributed by atoms with Crippen LogP contribution in [0, 0.1) is 0 Å². The zero-order chi connectivity index (χ0) is 15.8. The number of rotatable bonds is 2. The number of ketones is 1. The van der Waals surface area contributed by atoms with E-state index in [2.05, 4.69) is 11.4 Å². The maximum Gasteiger partial charge on any atom is 0.167 e. The molecule has 0 unspecified atom stereocenters. The fourth-order valence-electron chi connectivity index (χ4n) is 3.26. The molecule has 3 aromatic rings. The Hall–Kier alpha value is -2.81. The first-order valence-electron chi connectivity index (χ1n) is 7.72. The van der Waals surface area contributed by atoms with Gasteiger partial charge in [0.05, 0.1) is 13.2 Å². The van der Waals surface area contributed by atoms with E-state index >= 15 is 0 Å². The zero-order valence-corrected chi connectivity index (χ0v) is 12.9. The minimum Gasteiger partial charge on any atom is -0.497 e. The van der Waals surface area contributed by atoms with Gasteiger partial charge < -0.3 is 10.1 Å². The van der Waals surface area contributed by atoms with Crippen molar-refractivity contribution in [2.24, 2.45) is 0 Å². The fourth-order valence-corrected chi connectivity index (χ4v) is 3.26. The van der Waals surface area contributed by atoms with E-state index in [-0.39, 0.29) is 11.8 Å². The normalized spacial score (nSPS) is 16.7. The van der Waals surface area contributed by atoms with Crippen LogP contribution in [0.1, 0.15) is 28.4 Å². The minimum atomic E-state index is 0.00192. The van der Waals surface area contributed by atoms with Gasteiger partial charge in [0.15, 0.2) is 5.78 Å². The summed E-state index contributed by atoms with van der Waals surface area (Å²) >= 11 is 0. The van der Waals surface area contributed by atoms with Gasteiger partial charge in [-0.2, -0.15) is 0 Å². The lowest BCUT2D eigenvalue weighted by atomic mass is 9.89. The molecule has 3 aromatic carbocycles. The third-order valence-electron chi connectivity index (χ3n) is 4.45. The molecular formula is C20H17NO2. The van der Waals surface area contributed by atoms with Gasteiger partial charge in [-0.15, -0.1) is 0 Å². The van der Waals surface area contributed by atoms with E-state index in [0.717, 1.165) is 33.3 Å². The molecule has 1 N–H and O–H groups in total. The second-order valence-electron chi connectivity index (χ2n) is 5.81. The van der Waals surface area contributed by atoms with Crippen molar-refractivity contribution in [3.63, 3.8) is 0 Å². The molecule has 0 aromatic heterocycles. The van der Waals surface area contributed by atoms with Crippen LogP contribution < -0.4 is 10.1 Å². The van der Waals surface area contributed by atoms with E-state index in [1.807, 2.05) is 54.6 Å². The zero-order valence-electron chi connectivity index (χ0n) is 12.9. The summed E-state index contributed by atoms with van der Waals surface area (Å²) in [6, 6.07) is 20.0. The Kier molecular flexibility index (Phi) is 3.27. The van der Waals surface area contributed by atoms with Crippen LogP contribution in [0.5, 0.6) is 5.75 Å². The number of nitrogens with one attached hydrogen (secondary N) is 1. The predicted molar refractivity (Wildman–Crippen MR) is 92.3 cm³/mol. The van der Waals surface area contributed by atoms with Crippen molar-refractivity contribution in [2.45, 2.75) is 12.5 Å². The molecule has 1 atom stereocenters. The first kappa shape index (κ1) is 13.8. The molecule has 4 rings (SSSR count). The van der Waals surface area contributed by atoms with Crippen LogP contribution in [0.25, 0.3) is 10.8 Å². The number of fused-ring (bicyclic) bond motifs is 3. The van der Waals surface area contributed by atoms with E-state index in [4.69, 9.17) is 4.74 Å².